The van der Waals surface area contributed by atoms with E-state index in [-0.39, 0.29) is 5.91 Å². The lowest BCUT2D eigenvalue weighted by Gasteiger charge is -2.20. The smallest absolute Gasteiger partial charge is 0.253 e. The third kappa shape index (κ3) is 4.77. The first-order valence-electron chi connectivity index (χ1n) is 10.6. The Balaban J connectivity index is 1.40. The third-order valence-corrected chi connectivity index (χ3v) is 5.45. The molecule has 0 N–H and O–H groups in total. The van der Waals surface area contributed by atoms with Crippen molar-refractivity contribution in [1.29, 1.82) is 0 Å². The van der Waals surface area contributed by atoms with Crippen molar-refractivity contribution in [2.75, 3.05) is 21.3 Å². The van der Waals surface area contributed by atoms with Crippen LogP contribution in [0.1, 0.15) is 27.2 Å². The largest absolute Gasteiger partial charge is 0.493 e. The summed E-state index contributed by atoms with van der Waals surface area (Å²) in [6.45, 7) is 2.78. The summed E-state index contributed by atoms with van der Waals surface area (Å²) < 4.78 is 18.7. The Morgan fingerprint density at radius 3 is 2.52 bits per heavy atom. The van der Waals surface area contributed by atoms with Crippen molar-refractivity contribution >= 4 is 11.6 Å². The number of ether oxygens (including phenoxy) is 3. The van der Waals surface area contributed by atoms with Gasteiger partial charge in [-0.25, -0.2) is 4.98 Å². The zero-order chi connectivity index (χ0) is 23.4. The third-order valence-electron chi connectivity index (χ3n) is 5.45. The fraction of sp³-hybridized carbons (Fsp3) is 0.231. The highest BCUT2D eigenvalue weighted by Gasteiger charge is 2.16. The fourth-order valence-electron chi connectivity index (χ4n) is 3.75. The summed E-state index contributed by atoms with van der Waals surface area (Å²) in [6.07, 6.45) is 3.93. The van der Waals surface area contributed by atoms with Gasteiger partial charge >= 0.3 is 0 Å². The number of carbonyl (C=O) groups is 1. The van der Waals surface area contributed by atoms with Gasteiger partial charge in [0, 0.05) is 37.1 Å². The molecule has 0 saturated carbocycles. The van der Waals surface area contributed by atoms with Crippen LogP contribution in [0, 0.1) is 6.92 Å². The van der Waals surface area contributed by atoms with Gasteiger partial charge in [-0.05, 0) is 48.9 Å². The predicted octanol–water partition coefficient (Wildman–Crippen LogP) is 4.51. The van der Waals surface area contributed by atoms with Gasteiger partial charge in [-0.2, -0.15) is 0 Å². The van der Waals surface area contributed by atoms with E-state index >= 15 is 0 Å². The number of methoxy groups -OCH3 is 2. The van der Waals surface area contributed by atoms with E-state index < -0.39 is 0 Å². The Hall–Kier alpha value is -4.00. The summed E-state index contributed by atoms with van der Waals surface area (Å²) in [4.78, 5) is 19.2. The number of imidazole rings is 1. The second-order valence-electron chi connectivity index (χ2n) is 7.78. The van der Waals surface area contributed by atoms with Crippen molar-refractivity contribution in [3.63, 3.8) is 0 Å². The molecule has 33 heavy (non-hydrogen) atoms. The number of carbonyl (C=O) groups excluding carboxylic acids is 1. The molecule has 0 unspecified atom stereocenters. The van der Waals surface area contributed by atoms with Crippen LogP contribution in [0.4, 0.5) is 0 Å². The molecule has 2 aromatic carbocycles. The lowest BCUT2D eigenvalue weighted by atomic mass is 10.1. The van der Waals surface area contributed by atoms with E-state index in [9.17, 15) is 4.79 Å². The van der Waals surface area contributed by atoms with Crippen LogP contribution in [-0.4, -0.2) is 41.5 Å². The maximum atomic E-state index is 12.9. The molecule has 0 radical (unpaired) electrons. The van der Waals surface area contributed by atoms with Gasteiger partial charge in [0.2, 0.25) is 0 Å². The minimum absolute atomic E-state index is 0.0951. The molecule has 0 bridgehead atoms. The number of benzene rings is 2. The first-order valence-corrected chi connectivity index (χ1v) is 10.6. The normalized spacial score (nSPS) is 10.8. The van der Waals surface area contributed by atoms with Crippen molar-refractivity contribution in [2.45, 2.75) is 20.1 Å². The monoisotopic (exact) mass is 445 g/mol. The minimum atomic E-state index is -0.0951. The van der Waals surface area contributed by atoms with Crippen molar-refractivity contribution in [2.24, 2.45) is 0 Å². The van der Waals surface area contributed by atoms with Crippen LogP contribution in [0.5, 0.6) is 17.2 Å². The Kier molecular flexibility index (Phi) is 6.49. The highest BCUT2D eigenvalue weighted by atomic mass is 16.5. The zero-order valence-electron chi connectivity index (χ0n) is 19.2. The fourth-order valence-corrected chi connectivity index (χ4v) is 3.75. The van der Waals surface area contributed by atoms with E-state index in [0.717, 1.165) is 22.5 Å². The van der Waals surface area contributed by atoms with Gasteiger partial charge < -0.3 is 23.5 Å². The minimum Gasteiger partial charge on any atom is -0.493 e. The van der Waals surface area contributed by atoms with Crippen LogP contribution in [0.15, 0.2) is 67.0 Å². The maximum absolute atomic E-state index is 12.9. The number of pyridine rings is 1. The number of hydrogen-bond acceptors (Lipinski definition) is 5. The molecule has 170 valence electrons. The number of aryl methyl sites for hydroxylation is 1. The Morgan fingerprint density at radius 2 is 1.82 bits per heavy atom. The molecule has 4 rings (SSSR count). The molecule has 0 spiro atoms. The van der Waals surface area contributed by atoms with Crippen LogP contribution < -0.4 is 14.2 Å². The lowest BCUT2D eigenvalue weighted by Crippen LogP contribution is -2.26. The van der Waals surface area contributed by atoms with Crippen molar-refractivity contribution < 1.29 is 19.0 Å². The molecule has 2 heterocycles. The summed E-state index contributed by atoms with van der Waals surface area (Å²) in [5.74, 6) is 1.85. The quantitative estimate of drug-likeness (QED) is 0.399. The van der Waals surface area contributed by atoms with Gasteiger partial charge in [0.05, 0.1) is 19.9 Å². The first kappa shape index (κ1) is 22.2. The van der Waals surface area contributed by atoms with Gasteiger partial charge in [0.1, 0.15) is 18.0 Å². The molecule has 0 saturated heterocycles. The molecular weight excluding hydrogens is 418 g/mol. The second-order valence-corrected chi connectivity index (χ2v) is 7.78. The second kappa shape index (κ2) is 9.65. The van der Waals surface area contributed by atoms with Crippen molar-refractivity contribution in [3.05, 3.63) is 89.4 Å². The van der Waals surface area contributed by atoms with Gasteiger partial charge in [0.15, 0.2) is 11.5 Å². The number of nitrogens with zero attached hydrogens (tertiary/aromatic N) is 3. The molecular formula is C26H27N3O4. The molecule has 7 nitrogen and oxygen atoms in total. The van der Waals surface area contributed by atoms with E-state index in [2.05, 4.69) is 4.98 Å². The Morgan fingerprint density at radius 1 is 1.03 bits per heavy atom. The van der Waals surface area contributed by atoms with E-state index in [1.807, 2.05) is 54.0 Å². The lowest BCUT2D eigenvalue weighted by molar-refractivity contribution is 0.0784. The van der Waals surface area contributed by atoms with Crippen LogP contribution in [0.2, 0.25) is 0 Å². The van der Waals surface area contributed by atoms with Gasteiger partial charge in [0.25, 0.3) is 5.91 Å². The van der Waals surface area contributed by atoms with Crippen molar-refractivity contribution in [1.82, 2.24) is 14.3 Å². The van der Waals surface area contributed by atoms with Crippen LogP contribution in [0.3, 0.4) is 0 Å². The molecule has 0 fully saturated rings. The molecule has 0 aliphatic rings. The van der Waals surface area contributed by atoms with Crippen LogP contribution in [-0.2, 0) is 13.2 Å². The van der Waals surface area contributed by atoms with Gasteiger partial charge in [-0.3, -0.25) is 4.79 Å². The SMILES string of the molecule is COc1cccc(CN(C)C(=O)c2ccc(OCc3cn4cccc(C)c4n3)cc2)c1OC. The number of para-hydroxylation sites is 1. The number of amides is 1. The molecule has 0 atom stereocenters. The number of aromatic nitrogens is 2. The molecule has 2 aromatic heterocycles. The number of fused-ring (bicyclic) bond motifs is 1. The highest BCUT2D eigenvalue weighted by Crippen LogP contribution is 2.31. The average molecular weight is 446 g/mol. The summed E-state index contributed by atoms with van der Waals surface area (Å²) >= 11 is 0. The molecule has 7 heteroatoms. The van der Waals surface area contributed by atoms with Gasteiger partial charge in [-0.15, -0.1) is 0 Å². The molecule has 0 aliphatic carbocycles. The van der Waals surface area contributed by atoms with Crippen LogP contribution in [0.25, 0.3) is 5.65 Å². The molecule has 1 amide bonds. The van der Waals surface area contributed by atoms with E-state index in [4.69, 9.17) is 14.2 Å². The molecule has 0 aliphatic heterocycles. The van der Waals surface area contributed by atoms with E-state index in [1.54, 1.807) is 50.4 Å². The number of rotatable bonds is 8. The Bertz CT molecular complexity index is 1260. The Labute approximate surface area is 193 Å². The average Bonchev–Trinajstić information content (AvgIpc) is 3.27. The predicted molar refractivity (Wildman–Crippen MR) is 126 cm³/mol. The van der Waals surface area contributed by atoms with E-state index in [0.29, 0.717) is 36.0 Å². The topological polar surface area (TPSA) is 65.3 Å². The summed E-state index contributed by atoms with van der Waals surface area (Å²) in [7, 11) is 4.95. The number of hydrogen-bond donors (Lipinski definition) is 0. The standard InChI is InChI=1S/C26H27N3O4/c1-18-7-6-14-29-16-21(27-25(18)29)17-33-22-12-10-19(11-13-22)26(30)28(2)15-20-8-5-9-23(31-3)24(20)32-4/h5-14,16H,15,17H2,1-4H3. The summed E-state index contributed by atoms with van der Waals surface area (Å²) in [5, 5.41) is 0. The van der Waals surface area contributed by atoms with Crippen LogP contribution >= 0.6 is 0 Å². The summed E-state index contributed by atoms with van der Waals surface area (Å²) in [6, 6.07) is 16.8. The summed E-state index contributed by atoms with van der Waals surface area (Å²) in [5.41, 5.74) is 4.33. The van der Waals surface area contributed by atoms with E-state index in [1.165, 1.54) is 0 Å². The highest BCUT2D eigenvalue weighted by molar-refractivity contribution is 5.94. The van der Waals surface area contributed by atoms with Gasteiger partial charge in [-0.1, -0.05) is 18.2 Å². The van der Waals surface area contributed by atoms with Crippen molar-refractivity contribution in [3.8, 4) is 17.2 Å². The first-order chi connectivity index (χ1) is 16.0. The zero-order valence-corrected chi connectivity index (χ0v) is 19.2. The maximum Gasteiger partial charge on any atom is 0.253 e. The molecule has 4 aromatic rings.